The minimum absolute atomic E-state index is 0.265. The van der Waals surface area contributed by atoms with Gasteiger partial charge >= 0.3 is 0 Å². The zero-order chi connectivity index (χ0) is 13.5. The molecule has 0 fully saturated rings. The number of carbonyl (C=O) groups excluding carboxylic acids is 1. The van der Waals surface area contributed by atoms with Gasteiger partial charge in [0.05, 0.1) is 0 Å². The maximum atomic E-state index is 10.7. The molecule has 94 valence electrons. The third-order valence-electron chi connectivity index (χ3n) is 1.32. The van der Waals surface area contributed by atoms with Gasteiger partial charge in [-0.1, -0.05) is 44.9 Å². The SMILES string of the molecule is CC.CCN.CNC(=O)C#Cc1ccccc1. The molecule has 3 heteroatoms. The Labute approximate surface area is 104 Å². The standard InChI is InChI=1S/C10H9NO.C2H7N.C2H6/c1-11-10(12)8-7-9-5-3-2-4-6-9;1-2-3;1-2/h2-6H,1H3,(H,11,12);2-3H2,1H3;1-2H3. The highest BCUT2D eigenvalue weighted by atomic mass is 16.1. The molecule has 0 heterocycles. The summed E-state index contributed by atoms with van der Waals surface area (Å²) in [7, 11) is 1.56. The van der Waals surface area contributed by atoms with Gasteiger partial charge in [0.15, 0.2) is 0 Å². The van der Waals surface area contributed by atoms with Crippen LogP contribution < -0.4 is 11.1 Å². The number of nitrogens with two attached hydrogens (primary N) is 1. The fourth-order valence-corrected chi connectivity index (χ4v) is 0.713. The van der Waals surface area contributed by atoms with Gasteiger partial charge in [0.1, 0.15) is 0 Å². The smallest absolute Gasteiger partial charge is 0.295 e. The van der Waals surface area contributed by atoms with Crippen molar-refractivity contribution in [3.8, 4) is 11.8 Å². The molecular formula is C14H22N2O. The van der Waals surface area contributed by atoms with Crippen molar-refractivity contribution in [1.82, 2.24) is 5.32 Å². The van der Waals surface area contributed by atoms with Crippen molar-refractivity contribution < 1.29 is 4.79 Å². The molecule has 0 bridgehead atoms. The van der Waals surface area contributed by atoms with Gasteiger partial charge in [0.25, 0.3) is 5.91 Å². The Morgan fingerprint density at radius 3 is 2.18 bits per heavy atom. The van der Waals surface area contributed by atoms with Crippen molar-refractivity contribution in [2.45, 2.75) is 20.8 Å². The minimum Gasteiger partial charge on any atom is -0.348 e. The fraction of sp³-hybridized carbons (Fsp3) is 0.357. The molecule has 1 amide bonds. The van der Waals surface area contributed by atoms with E-state index in [1.54, 1.807) is 7.05 Å². The van der Waals surface area contributed by atoms with E-state index in [-0.39, 0.29) is 5.91 Å². The quantitative estimate of drug-likeness (QED) is 0.672. The zero-order valence-corrected chi connectivity index (χ0v) is 11.1. The van der Waals surface area contributed by atoms with Crippen molar-refractivity contribution in [3.05, 3.63) is 35.9 Å². The summed E-state index contributed by atoms with van der Waals surface area (Å²) in [5.74, 6) is 4.92. The molecule has 1 rings (SSSR count). The van der Waals surface area contributed by atoms with Crippen LogP contribution in [0.15, 0.2) is 30.3 Å². The second-order valence-corrected chi connectivity index (χ2v) is 2.60. The molecule has 3 N–H and O–H groups in total. The summed E-state index contributed by atoms with van der Waals surface area (Å²) in [4.78, 5) is 10.7. The van der Waals surface area contributed by atoms with Gasteiger partial charge < -0.3 is 11.1 Å². The van der Waals surface area contributed by atoms with Crippen LogP contribution in [0.3, 0.4) is 0 Å². The van der Waals surface area contributed by atoms with Crippen molar-refractivity contribution in [1.29, 1.82) is 0 Å². The van der Waals surface area contributed by atoms with Gasteiger partial charge in [0.2, 0.25) is 0 Å². The third kappa shape index (κ3) is 12.1. The lowest BCUT2D eigenvalue weighted by Crippen LogP contribution is -2.14. The van der Waals surface area contributed by atoms with Gasteiger partial charge in [-0.2, -0.15) is 0 Å². The van der Waals surface area contributed by atoms with Crippen molar-refractivity contribution in [2.24, 2.45) is 5.73 Å². The molecular weight excluding hydrogens is 212 g/mol. The summed E-state index contributed by atoms with van der Waals surface area (Å²) in [6, 6.07) is 9.39. The van der Waals surface area contributed by atoms with E-state index in [0.717, 1.165) is 12.1 Å². The molecule has 0 aliphatic carbocycles. The second-order valence-electron chi connectivity index (χ2n) is 2.60. The van der Waals surface area contributed by atoms with E-state index in [1.807, 2.05) is 51.1 Å². The minimum atomic E-state index is -0.265. The predicted molar refractivity (Wildman–Crippen MR) is 73.5 cm³/mol. The predicted octanol–water partition coefficient (Wildman–Crippen LogP) is 1.78. The van der Waals surface area contributed by atoms with E-state index < -0.39 is 0 Å². The molecule has 0 aromatic heterocycles. The number of carbonyl (C=O) groups is 1. The average molecular weight is 234 g/mol. The van der Waals surface area contributed by atoms with Crippen molar-refractivity contribution in [3.63, 3.8) is 0 Å². The van der Waals surface area contributed by atoms with E-state index in [4.69, 9.17) is 5.73 Å². The van der Waals surface area contributed by atoms with E-state index in [9.17, 15) is 4.79 Å². The number of benzene rings is 1. The van der Waals surface area contributed by atoms with Gasteiger partial charge in [0, 0.05) is 18.5 Å². The highest BCUT2D eigenvalue weighted by molar-refractivity contribution is 5.93. The summed E-state index contributed by atoms with van der Waals surface area (Å²) in [5.41, 5.74) is 5.70. The summed E-state index contributed by atoms with van der Waals surface area (Å²) in [6.07, 6.45) is 0. The Kier molecular flexibility index (Phi) is 14.7. The number of amides is 1. The third-order valence-corrected chi connectivity index (χ3v) is 1.32. The first kappa shape index (κ1) is 17.6. The maximum absolute atomic E-state index is 10.7. The largest absolute Gasteiger partial charge is 0.348 e. The van der Waals surface area contributed by atoms with E-state index >= 15 is 0 Å². The van der Waals surface area contributed by atoms with Crippen LogP contribution in [-0.4, -0.2) is 19.5 Å². The van der Waals surface area contributed by atoms with Crippen LogP contribution >= 0.6 is 0 Å². The highest BCUT2D eigenvalue weighted by Crippen LogP contribution is 1.94. The van der Waals surface area contributed by atoms with Gasteiger partial charge in [-0.15, -0.1) is 0 Å². The van der Waals surface area contributed by atoms with Crippen LogP contribution in [0.5, 0.6) is 0 Å². The first-order chi connectivity index (χ1) is 8.24. The van der Waals surface area contributed by atoms with Crippen LogP contribution in [0.2, 0.25) is 0 Å². The van der Waals surface area contributed by atoms with Gasteiger partial charge in [-0.3, -0.25) is 4.79 Å². The molecule has 3 nitrogen and oxygen atoms in total. The second kappa shape index (κ2) is 14.2. The zero-order valence-electron chi connectivity index (χ0n) is 11.1. The molecule has 0 spiro atoms. The first-order valence-electron chi connectivity index (χ1n) is 5.73. The molecule has 0 saturated carbocycles. The van der Waals surface area contributed by atoms with E-state index in [0.29, 0.717) is 0 Å². The lowest BCUT2D eigenvalue weighted by Gasteiger charge is -1.86. The van der Waals surface area contributed by atoms with Crippen LogP contribution in [0.25, 0.3) is 0 Å². The normalized spacial score (nSPS) is 7.12. The topological polar surface area (TPSA) is 55.1 Å². The van der Waals surface area contributed by atoms with Crippen molar-refractivity contribution >= 4 is 5.91 Å². The molecule has 1 aromatic rings. The van der Waals surface area contributed by atoms with E-state index in [2.05, 4.69) is 17.2 Å². The Morgan fingerprint density at radius 1 is 1.29 bits per heavy atom. The van der Waals surface area contributed by atoms with Crippen molar-refractivity contribution in [2.75, 3.05) is 13.6 Å². The lowest BCUT2D eigenvalue weighted by atomic mass is 10.2. The molecule has 0 unspecified atom stereocenters. The fourth-order valence-electron chi connectivity index (χ4n) is 0.713. The Morgan fingerprint density at radius 2 is 1.76 bits per heavy atom. The van der Waals surface area contributed by atoms with Crippen LogP contribution in [-0.2, 0) is 4.79 Å². The number of hydrogen-bond donors (Lipinski definition) is 2. The molecule has 1 aromatic carbocycles. The number of hydrogen-bond acceptors (Lipinski definition) is 2. The molecule has 0 saturated heterocycles. The van der Waals surface area contributed by atoms with Crippen LogP contribution in [0.1, 0.15) is 26.3 Å². The Balaban J connectivity index is 0. The summed E-state index contributed by atoms with van der Waals surface area (Å²) >= 11 is 0. The molecule has 0 aliphatic heterocycles. The molecule has 0 radical (unpaired) electrons. The first-order valence-corrected chi connectivity index (χ1v) is 5.73. The van der Waals surface area contributed by atoms with Crippen LogP contribution in [0, 0.1) is 11.8 Å². The molecule has 17 heavy (non-hydrogen) atoms. The maximum Gasteiger partial charge on any atom is 0.295 e. The summed E-state index contributed by atoms with van der Waals surface area (Å²) < 4.78 is 0. The summed E-state index contributed by atoms with van der Waals surface area (Å²) in [6.45, 7) is 6.65. The molecule has 0 aliphatic rings. The van der Waals surface area contributed by atoms with Gasteiger partial charge in [-0.25, -0.2) is 0 Å². The van der Waals surface area contributed by atoms with E-state index in [1.165, 1.54) is 0 Å². The highest BCUT2D eigenvalue weighted by Gasteiger charge is 1.86. The van der Waals surface area contributed by atoms with Crippen LogP contribution in [0.4, 0.5) is 0 Å². The lowest BCUT2D eigenvalue weighted by molar-refractivity contribution is -0.115. The Bertz CT molecular complexity index is 336. The monoisotopic (exact) mass is 234 g/mol. The number of nitrogens with one attached hydrogen (secondary N) is 1. The Hall–Kier alpha value is -1.79. The average Bonchev–Trinajstić information content (AvgIpc) is 2.40. The van der Waals surface area contributed by atoms with Gasteiger partial charge in [-0.05, 0) is 18.7 Å². The number of rotatable bonds is 0. The molecule has 0 atom stereocenters. The summed E-state index contributed by atoms with van der Waals surface area (Å²) in [5, 5.41) is 2.42.